The molecule has 0 spiro atoms. The Balaban J connectivity index is 1.44. The predicted molar refractivity (Wildman–Crippen MR) is 119 cm³/mol. The molecule has 1 amide bonds. The number of amides is 1. The van der Waals surface area contributed by atoms with Crippen molar-refractivity contribution < 1.29 is 9.18 Å². The van der Waals surface area contributed by atoms with Crippen LogP contribution in [-0.2, 0) is 24.3 Å². The summed E-state index contributed by atoms with van der Waals surface area (Å²) < 4.78 is 15.8. The summed E-state index contributed by atoms with van der Waals surface area (Å²) in [5.41, 5.74) is 5.36. The number of carbonyl (C=O) groups is 1. The third-order valence-corrected chi connectivity index (χ3v) is 5.77. The first kappa shape index (κ1) is 19.2. The van der Waals surface area contributed by atoms with Crippen molar-refractivity contribution in [1.29, 1.82) is 0 Å². The maximum atomic E-state index is 14.0. The zero-order chi connectivity index (χ0) is 21.2. The summed E-state index contributed by atoms with van der Waals surface area (Å²) in [5.74, 6) is -0.203. The summed E-state index contributed by atoms with van der Waals surface area (Å²) in [6.45, 7) is 1.08. The zero-order valence-electron chi connectivity index (χ0n) is 17.0. The van der Waals surface area contributed by atoms with E-state index >= 15 is 0 Å². The van der Waals surface area contributed by atoms with Gasteiger partial charge < -0.3 is 4.90 Å². The summed E-state index contributed by atoms with van der Waals surface area (Å²) >= 11 is 0. The van der Waals surface area contributed by atoms with E-state index in [1.54, 1.807) is 15.6 Å². The molecular weight excluding hydrogens is 389 g/mol. The monoisotopic (exact) mass is 411 g/mol. The highest BCUT2D eigenvalue weighted by Gasteiger charge is 2.24. The molecule has 4 nitrogen and oxygen atoms in total. The largest absolute Gasteiger partial charge is 0.336 e. The molecule has 0 N–H and O–H groups in total. The molecule has 31 heavy (non-hydrogen) atoms. The van der Waals surface area contributed by atoms with Crippen molar-refractivity contribution in [2.45, 2.75) is 19.5 Å². The number of nitrogens with zero attached hydrogens (tertiary/aromatic N) is 3. The van der Waals surface area contributed by atoms with E-state index in [1.165, 1.54) is 6.07 Å². The molecule has 0 saturated heterocycles. The van der Waals surface area contributed by atoms with Crippen LogP contribution < -0.4 is 0 Å². The summed E-state index contributed by atoms with van der Waals surface area (Å²) in [5, 5.41) is 4.76. The maximum Gasteiger partial charge on any atom is 0.244 e. The lowest BCUT2D eigenvalue weighted by Crippen LogP contribution is -2.38. The van der Waals surface area contributed by atoms with Crippen molar-refractivity contribution in [2.24, 2.45) is 0 Å². The molecule has 3 aromatic carbocycles. The SMILES string of the molecule is O=C(Cn1nc(-c2ccccc2)cc1-c1ccccc1)N1CCc2c(F)cccc2C1. The molecule has 0 atom stereocenters. The summed E-state index contributed by atoms with van der Waals surface area (Å²) in [6, 6.07) is 27.0. The molecule has 154 valence electrons. The highest BCUT2D eigenvalue weighted by atomic mass is 19.1. The van der Waals surface area contributed by atoms with E-state index < -0.39 is 0 Å². The first-order chi connectivity index (χ1) is 15.2. The van der Waals surface area contributed by atoms with Crippen molar-refractivity contribution in [2.75, 3.05) is 6.54 Å². The molecule has 0 aliphatic carbocycles. The van der Waals surface area contributed by atoms with Crippen LogP contribution in [0.2, 0.25) is 0 Å². The standard InChI is InChI=1S/C26H22FN3O/c27-23-13-7-12-21-17-29(15-14-22(21)23)26(31)18-30-25(20-10-5-2-6-11-20)16-24(28-30)19-8-3-1-4-9-19/h1-13,16H,14-15,17-18H2. The van der Waals surface area contributed by atoms with Crippen LogP contribution in [-0.4, -0.2) is 27.1 Å². The molecular formula is C26H22FN3O. The third kappa shape index (κ3) is 3.87. The quantitative estimate of drug-likeness (QED) is 0.477. The highest BCUT2D eigenvalue weighted by molar-refractivity contribution is 5.78. The van der Waals surface area contributed by atoms with Crippen LogP contribution in [0.1, 0.15) is 11.1 Å². The second-order valence-electron chi connectivity index (χ2n) is 7.75. The molecule has 0 unspecified atom stereocenters. The van der Waals surface area contributed by atoms with Gasteiger partial charge in [0.2, 0.25) is 5.91 Å². The average Bonchev–Trinajstić information content (AvgIpc) is 3.24. The van der Waals surface area contributed by atoms with Crippen LogP contribution in [0.4, 0.5) is 4.39 Å². The summed E-state index contributed by atoms with van der Waals surface area (Å²) in [7, 11) is 0. The second-order valence-corrected chi connectivity index (χ2v) is 7.75. The van der Waals surface area contributed by atoms with Crippen LogP contribution in [0.15, 0.2) is 84.9 Å². The Morgan fingerprint density at radius 1 is 0.903 bits per heavy atom. The zero-order valence-corrected chi connectivity index (χ0v) is 17.0. The molecule has 1 aliphatic rings. The lowest BCUT2D eigenvalue weighted by atomic mass is 9.99. The van der Waals surface area contributed by atoms with Gasteiger partial charge in [0.25, 0.3) is 0 Å². The molecule has 0 radical (unpaired) electrons. The fourth-order valence-electron chi connectivity index (χ4n) is 4.13. The number of halogens is 1. The molecule has 0 bridgehead atoms. The fraction of sp³-hybridized carbons (Fsp3) is 0.154. The first-order valence-electron chi connectivity index (χ1n) is 10.4. The topological polar surface area (TPSA) is 38.1 Å². The van der Waals surface area contributed by atoms with Gasteiger partial charge in [-0.25, -0.2) is 4.39 Å². The van der Waals surface area contributed by atoms with Crippen molar-refractivity contribution in [3.63, 3.8) is 0 Å². The smallest absolute Gasteiger partial charge is 0.244 e. The van der Waals surface area contributed by atoms with E-state index in [9.17, 15) is 9.18 Å². The fourth-order valence-corrected chi connectivity index (χ4v) is 4.13. The molecule has 2 heterocycles. The van der Waals surface area contributed by atoms with Gasteiger partial charge in [-0.3, -0.25) is 9.48 Å². The van der Waals surface area contributed by atoms with E-state index in [0.717, 1.165) is 33.6 Å². The highest BCUT2D eigenvalue weighted by Crippen LogP contribution is 2.27. The first-order valence-corrected chi connectivity index (χ1v) is 10.4. The molecule has 0 saturated carbocycles. The average molecular weight is 411 g/mol. The van der Waals surface area contributed by atoms with E-state index in [0.29, 0.717) is 19.5 Å². The van der Waals surface area contributed by atoms with Gasteiger partial charge in [-0.15, -0.1) is 0 Å². The Hall–Kier alpha value is -3.73. The number of hydrogen-bond donors (Lipinski definition) is 0. The van der Waals surface area contributed by atoms with Gasteiger partial charge in [-0.05, 0) is 35.2 Å². The summed E-state index contributed by atoms with van der Waals surface area (Å²) in [6.07, 6.45) is 0.535. The van der Waals surface area contributed by atoms with Gasteiger partial charge >= 0.3 is 0 Å². The van der Waals surface area contributed by atoms with Crippen LogP contribution in [0.5, 0.6) is 0 Å². The second kappa shape index (κ2) is 8.19. The molecule has 4 aromatic rings. The van der Waals surface area contributed by atoms with Crippen molar-refractivity contribution >= 4 is 5.91 Å². The van der Waals surface area contributed by atoms with Crippen LogP contribution in [0.3, 0.4) is 0 Å². The number of rotatable bonds is 4. The van der Waals surface area contributed by atoms with Gasteiger partial charge in [0.1, 0.15) is 12.4 Å². The molecule has 1 aliphatic heterocycles. The minimum Gasteiger partial charge on any atom is -0.336 e. The number of hydrogen-bond acceptors (Lipinski definition) is 2. The molecule has 0 fully saturated rings. The molecule has 1 aromatic heterocycles. The number of benzene rings is 3. The minimum atomic E-state index is -0.185. The van der Waals surface area contributed by atoms with Gasteiger partial charge in [0.05, 0.1) is 11.4 Å². The predicted octanol–water partition coefficient (Wildman–Crippen LogP) is 4.94. The number of aromatic nitrogens is 2. The maximum absolute atomic E-state index is 14.0. The van der Waals surface area contributed by atoms with Crippen molar-refractivity contribution in [3.8, 4) is 22.5 Å². The van der Waals surface area contributed by atoms with Crippen LogP contribution in [0, 0.1) is 5.82 Å². The Labute approximate surface area is 180 Å². The lowest BCUT2D eigenvalue weighted by molar-refractivity contribution is -0.132. The third-order valence-electron chi connectivity index (χ3n) is 5.77. The Bertz CT molecular complexity index is 1220. The summed E-state index contributed by atoms with van der Waals surface area (Å²) in [4.78, 5) is 15.0. The van der Waals surface area contributed by atoms with Gasteiger partial charge in [-0.2, -0.15) is 5.10 Å². The van der Waals surface area contributed by atoms with Crippen molar-refractivity contribution in [3.05, 3.63) is 102 Å². The van der Waals surface area contributed by atoms with E-state index in [1.807, 2.05) is 72.8 Å². The van der Waals surface area contributed by atoms with Crippen LogP contribution in [0.25, 0.3) is 22.5 Å². The molecule has 5 rings (SSSR count). The minimum absolute atomic E-state index is 0.0187. The normalized spacial score (nSPS) is 13.1. The van der Waals surface area contributed by atoms with Gasteiger partial charge in [0.15, 0.2) is 0 Å². The lowest BCUT2D eigenvalue weighted by Gasteiger charge is -2.29. The molecule has 5 heteroatoms. The van der Waals surface area contributed by atoms with E-state index in [4.69, 9.17) is 5.10 Å². The van der Waals surface area contributed by atoms with Gasteiger partial charge in [-0.1, -0.05) is 72.8 Å². The number of fused-ring (bicyclic) bond motifs is 1. The van der Waals surface area contributed by atoms with Crippen molar-refractivity contribution in [1.82, 2.24) is 14.7 Å². The number of carbonyl (C=O) groups excluding carboxylic acids is 1. The Morgan fingerprint density at radius 3 is 2.35 bits per heavy atom. The Morgan fingerprint density at radius 2 is 1.61 bits per heavy atom. The van der Waals surface area contributed by atoms with E-state index in [-0.39, 0.29) is 18.3 Å². The van der Waals surface area contributed by atoms with E-state index in [2.05, 4.69) is 0 Å². The Kier molecular flexibility index (Phi) is 5.08. The van der Waals surface area contributed by atoms with Crippen LogP contribution >= 0.6 is 0 Å². The van der Waals surface area contributed by atoms with Gasteiger partial charge in [0, 0.05) is 18.7 Å².